The molecule has 2 N–H and O–H groups in total. The van der Waals surface area contributed by atoms with E-state index in [-0.39, 0.29) is 17.4 Å². The van der Waals surface area contributed by atoms with Crippen LogP contribution in [-0.4, -0.2) is 54.6 Å². The number of aromatic amines is 1. The Morgan fingerprint density at radius 3 is 2.43 bits per heavy atom. The smallest absolute Gasteiger partial charge is 0.249 e. The topological polar surface area (TPSA) is 68.4 Å². The molecule has 0 bridgehead atoms. The van der Waals surface area contributed by atoms with Gasteiger partial charge < -0.3 is 20.1 Å². The molecule has 0 aliphatic carbocycles. The van der Waals surface area contributed by atoms with Crippen LogP contribution in [0.3, 0.4) is 0 Å². The highest BCUT2D eigenvalue weighted by Gasteiger charge is 2.28. The van der Waals surface area contributed by atoms with E-state index in [4.69, 9.17) is 11.6 Å². The maximum absolute atomic E-state index is 13.3. The molecular weight excluding hydrogens is 376 g/mol. The SMILES string of the molecule is CC(C)NC[C@@H](C(=O)N1CCN(c2cc[nH]c(=O)c2)CC1)c1ccc(Cl)cc1. The summed E-state index contributed by atoms with van der Waals surface area (Å²) in [5.41, 5.74) is 1.75. The maximum Gasteiger partial charge on any atom is 0.249 e. The Hall–Kier alpha value is -2.31. The Morgan fingerprint density at radius 2 is 1.82 bits per heavy atom. The number of hydrogen-bond donors (Lipinski definition) is 2. The standard InChI is InChI=1S/C21H27ClN4O2/c1-15(2)24-14-19(16-3-5-17(22)6-4-16)21(28)26-11-9-25(10-12-26)18-7-8-23-20(27)13-18/h3-8,13,15,19,24H,9-12,14H2,1-2H3,(H,23,27)/t19-/m1/s1. The van der Waals surface area contributed by atoms with Crippen LogP contribution >= 0.6 is 11.6 Å². The second-order valence-corrected chi connectivity index (χ2v) is 7.83. The van der Waals surface area contributed by atoms with Gasteiger partial charge in [-0.2, -0.15) is 0 Å². The van der Waals surface area contributed by atoms with E-state index in [9.17, 15) is 9.59 Å². The molecule has 1 fully saturated rings. The molecule has 0 radical (unpaired) electrons. The van der Waals surface area contributed by atoms with Crippen molar-refractivity contribution in [1.82, 2.24) is 15.2 Å². The summed E-state index contributed by atoms with van der Waals surface area (Å²) in [6.45, 7) is 7.43. The summed E-state index contributed by atoms with van der Waals surface area (Å²) in [4.78, 5) is 31.5. The second kappa shape index (κ2) is 9.26. The summed E-state index contributed by atoms with van der Waals surface area (Å²) >= 11 is 6.02. The number of aromatic nitrogens is 1. The first-order valence-electron chi connectivity index (χ1n) is 9.65. The van der Waals surface area contributed by atoms with Gasteiger partial charge in [0.1, 0.15) is 0 Å². The summed E-state index contributed by atoms with van der Waals surface area (Å²) in [6, 6.07) is 11.3. The van der Waals surface area contributed by atoms with Gasteiger partial charge in [-0.15, -0.1) is 0 Å². The third-order valence-corrected chi connectivity index (χ3v) is 5.27. The van der Waals surface area contributed by atoms with Gasteiger partial charge in [0.05, 0.1) is 5.92 Å². The molecule has 6 nitrogen and oxygen atoms in total. The van der Waals surface area contributed by atoms with Gasteiger partial charge in [-0.25, -0.2) is 0 Å². The Labute approximate surface area is 170 Å². The van der Waals surface area contributed by atoms with Gasteiger partial charge in [-0.1, -0.05) is 37.6 Å². The predicted molar refractivity (Wildman–Crippen MR) is 113 cm³/mol. The minimum absolute atomic E-state index is 0.112. The van der Waals surface area contributed by atoms with E-state index in [1.54, 1.807) is 12.3 Å². The Bertz CT molecular complexity index is 842. The first kappa shape index (κ1) is 20.4. The molecule has 7 heteroatoms. The van der Waals surface area contributed by atoms with Crippen molar-refractivity contribution in [3.05, 3.63) is 63.5 Å². The maximum atomic E-state index is 13.3. The number of carbonyl (C=O) groups is 1. The summed E-state index contributed by atoms with van der Waals surface area (Å²) in [6.07, 6.45) is 1.66. The van der Waals surface area contributed by atoms with Crippen molar-refractivity contribution >= 4 is 23.2 Å². The fourth-order valence-electron chi connectivity index (χ4n) is 3.43. The summed E-state index contributed by atoms with van der Waals surface area (Å²) in [7, 11) is 0. The number of amides is 1. The van der Waals surface area contributed by atoms with Crippen LogP contribution in [0, 0.1) is 0 Å². The average Bonchev–Trinajstić information content (AvgIpc) is 2.69. The fourth-order valence-corrected chi connectivity index (χ4v) is 3.56. The molecule has 0 saturated carbocycles. The lowest BCUT2D eigenvalue weighted by Gasteiger charge is -2.37. The molecular formula is C21H27ClN4O2. The minimum Gasteiger partial charge on any atom is -0.368 e. The van der Waals surface area contributed by atoms with Crippen LogP contribution in [0.4, 0.5) is 5.69 Å². The third kappa shape index (κ3) is 5.14. The lowest BCUT2D eigenvalue weighted by Crippen LogP contribution is -2.51. The van der Waals surface area contributed by atoms with Gasteiger partial charge in [-0.05, 0) is 23.8 Å². The zero-order chi connectivity index (χ0) is 20.1. The molecule has 1 saturated heterocycles. The van der Waals surface area contributed by atoms with Gasteiger partial charge in [0.25, 0.3) is 0 Å². The minimum atomic E-state index is -0.245. The number of rotatable bonds is 6. The molecule has 1 aliphatic heterocycles. The number of carbonyl (C=O) groups excluding carboxylic acids is 1. The van der Waals surface area contributed by atoms with Crippen LogP contribution in [0.1, 0.15) is 25.3 Å². The first-order chi connectivity index (χ1) is 13.4. The van der Waals surface area contributed by atoms with E-state index in [1.165, 1.54) is 0 Å². The number of H-pyrrole nitrogens is 1. The summed E-state index contributed by atoms with van der Waals surface area (Å²) in [5, 5.41) is 4.06. The summed E-state index contributed by atoms with van der Waals surface area (Å²) in [5.74, 6) is -0.119. The van der Waals surface area contributed by atoms with E-state index in [2.05, 4.69) is 29.0 Å². The Morgan fingerprint density at radius 1 is 1.14 bits per heavy atom. The van der Waals surface area contributed by atoms with Crippen molar-refractivity contribution in [2.45, 2.75) is 25.8 Å². The molecule has 0 spiro atoms. The number of anilines is 1. The molecule has 1 atom stereocenters. The van der Waals surface area contributed by atoms with E-state index < -0.39 is 0 Å². The van der Waals surface area contributed by atoms with Crippen molar-refractivity contribution in [1.29, 1.82) is 0 Å². The predicted octanol–water partition coefficient (Wildman–Crippen LogP) is 2.46. The molecule has 3 rings (SSSR count). The number of halogens is 1. The van der Waals surface area contributed by atoms with E-state index >= 15 is 0 Å². The molecule has 1 aromatic carbocycles. The van der Waals surface area contributed by atoms with Crippen LogP contribution < -0.4 is 15.8 Å². The molecule has 2 heterocycles. The lowest BCUT2D eigenvalue weighted by molar-refractivity contribution is -0.133. The highest BCUT2D eigenvalue weighted by atomic mass is 35.5. The average molecular weight is 403 g/mol. The number of hydrogen-bond acceptors (Lipinski definition) is 4. The van der Waals surface area contributed by atoms with Crippen LogP contribution in [0.5, 0.6) is 0 Å². The van der Waals surface area contributed by atoms with E-state index in [0.717, 1.165) is 11.3 Å². The highest BCUT2D eigenvalue weighted by Crippen LogP contribution is 2.22. The quantitative estimate of drug-likeness (QED) is 0.778. The molecule has 28 heavy (non-hydrogen) atoms. The number of piperazine rings is 1. The lowest BCUT2D eigenvalue weighted by atomic mass is 9.96. The van der Waals surface area contributed by atoms with Crippen LogP contribution in [-0.2, 0) is 4.79 Å². The van der Waals surface area contributed by atoms with Gasteiger partial charge >= 0.3 is 0 Å². The zero-order valence-electron chi connectivity index (χ0n) is 16.3. The van der Waals surface area contributed by atoms with Crippen molar-refractivity contribution < 1.29 is 4.79 Å². The van der Waals surface area contributed by atoms with Gasteiger partial charge in [0.15, 0.2) is 0 Å². The largest absolute Gasteiger partial charge is 0.368 e. The molecule has 1 aliphatic rings. The Balaban J connectivity index is 1.69. The van der Waals surface area contributed by atoms with Crippen LogP contribution in [0.25, 0.3) is 0 Å². The number of nitrogens with zero attached hydrogens (tertiary/aromatic N) is 2. The van der Waals surface area contributed by atoms with Crippen LogP contribution in [0.2, 0.25) is 5.02 Å². The number of benzene rings is 1. The van der Waals surface area contributed by atoms with Crippen molar-refractivity contribution in [3.8, 4) is 0 Å². The molecule has 1 aromatic heterocycles. The molecule has 2 aromatic rings. The zero-order valence-corrected chi connectivity index (χ0v) is 17.1. The van der Waals surface area contributed by atoms with Gasteiger partial charge in [0.2, 0.25) is 11.5 Å². The van der Waals surface area contributed by atoms with E-state index in [1.807, 2.05) is 35.2 Å². The van der Waals surface area contributed by atoms with Crippen molar-refractivity contribution in [3.63, 3.8) is 0 Å². The van der Waals surface area contributed by atoms with Gasteiger partial charge in [0, 0.05) is 61.7 Å². The van der Waals surface area contributed by atoms with Crippen LogP contribution in [0.15, 0.2) is 47.4 Å². The molecule has 0 unspecified atom stereocenters. The first-order valence-corrected chi connectivity index (χ1v) is 10.0. The molecule has 1 amide bonds. The van der Waals surface area contributed by atoms with Crippen molar-refractivity contribution in [2.24, 2.45) is 0 Å². The number of nitrogens with one attached hydrogen (secondary N) is 2. The van der Waals surface area contributed by atoms with E-state index in [0.29, 0.717) is 43.8 Å². The third-order valence-electron chi connectivity index (χ3n) is 5.02. The van der Waals surface area contributed by atoms with Crippen molar-refractivity contribution in [2.75, 3.05) is 37.6 Å². The normalized spacial score (nSPS) is 15.7. The highest BCUT2D eigenvalue weighted by molar-refractivity contribution is 6.30. The summed E-state index contributed by atoms with van der Waals surface area (Å²) < 4.78 is 0. The number of pyridine rings is 1. The van der Waals surface area contributed by atoms with Gasteiger partial charge in [-0.3, -0.25) is 9.59 Å². The monoisotopic (exact) mass is 402 g/mol. The second-order valence-electron chi connectivity index (χ2n) is 7.39. The molecule has 150 valence electrons. The Kier molecular flexibility index (Phi) is 6.75. The fraction of sp³-hybridized carbons (Fsp3) is 0.429.